The van der Waals surface area contributed by atoms with Gasteiger partial charge in [0.25, 0.3) is 5.69 Å². The number of primary amides is 1. The van der Waals surface area contributed by atoms with Gasteiger partial charge in [0.15, 0.2) is 0 Å². The molecule has 3 N–H and O–H groups in total. The highest BCUT2D eigenvalue weighted by molar-refractivity contribution is 5.90. The van der Waals surface area contributed by atoms with Gasteiger partial charge < -0.3 is 15.8 Å². The second kappa shape index (κ2) is 11.0. The molecule has 34 heavy (non-hydrogen) atoms. The molecule has 9 nitrogen and oxygen atoms in total. The summed E-state index contributed by atoms with van der Waals surface area (Å²) in [5, 5.41) is 15.6. The molecule has 3 aromatic carbocycles. The van der Waals surface area contributed by atoms with E-state index in [0.29, 0.717) is 5.56 Å². The third kappa shape index (κ3) is 6.16. The monoisotopic (exact) mass is 463 g/mol. The number of carbonyl (C=O) groups is 3. The van der Waals surface area contributed by atoms with Gasteiger partial charge in [0.05, 0.1) is 24.4 Å². The smallest absolute Gasteiger partial charge is 0.306 e. The second-order valence-electron chi connectivity index (χ2n) is 7.77. The number of benzene rings is 3. The number of nitrogens with one attached hydrogen (secondary N) is 1. The second-order valence-corrected chi connectivity index (χ2v) is 7.77. The first-order chi connectivity index (χ1) is 16.3. The Morgan fingerprint density at radius 3 is 2.32 bits per heavy atom. The lowest BCUT2D eigenvalue weighted by atomic mass is 9.87. The Morgan fingerprint density at radius 2 is 1.71 bits per heavy atom. The summed E-state index contributed by atoms with van der Waals surface area (Å²) in [5.41, 5.74) is 6.65. The van der Waals surface area contributed by atoms with Gasteiger partial charge in [-0.25, -0.2) is 0 Å². The third-order valence-electron chi connectivity index (χ3n) is 5.43. The van der Waals surface area contributed by atoms with Crippen molar-refractivity contribution in [2.24, 2.45) is 5.73 Å². The van der Waals surface area contributed by atoms with Gasteiger partial charge in [-0.1, -0.05) is 54.6 Å². The molecular formula is C25H25N3O6. The van der Waals surface area contributed by atoms with Crippen LogP contribution in [0.3, 0.4) is 0 Å². The van der Waals surface area contributed by atoms with E-state index < -0.39 is 34.7 Å². The van der Waals surface area contributed by atoms with Crippen LogP contribution in [0.4, 0.5) is 5.69 Å². The Hall–Kier alpha value is -4.27. The van der Waals surface area contributed by atoms with E-state index in [0.717, 1.165) is 16.3 Å². The summed E-state index contributed by atoms with van der Waals surface area (Å²) in [5.74, 6) is -2.73. The Balaban J connectivity index is 1.84. The minimum atomic E-state index is -1.22. The maximum atomic E-state index is 12.8. The predicted molar refractivity (Wildman–Crippen MR) is 126 cm³/mol. The van der Waals surface area contributed by atoms with Gasteiger partial charge in [0.1, 0.15) is 6.04 Å². The van der Waals surface area contributed by atoms with Crippen LogP contribution in [0.5, 0.6) is 0 Å². The zero-order valence-electron chi connectivity index (χ0n) is 18.6. The number of fused-ring (bicyclic) bond motifs is 1. The van der Waals surface area contributed by atoms with Crippen LogP contribution in [-0.4, -0.2) is 35.4 Å². The molecule has 2 atom stereocenters. The van der Waals surface area contributed by atoms with Gasteiger partial charge >= 0.3 is 5.97 Å². The molecule has 0 fully saturated rings. The number of nitro benzene ring substituents is 1. The fourth-order valence-corrected chi connectivity index (χ4v) is 3.80. The number of amides is 2. The maximum Gasteiger partial charge on any atom is 0.306 e. The highest BCUT2D eigenvalue weighted by Crippen LogP contribution is 2.27. The summed E-state index contributed by atoms with van der Waals surface area (Å²) in [6.07, 6.45) is -0.240. The first-order valence-corrected chi connectivity index (χ1v) is 10.7. The van der Waals surface area contributed by atoms with Gasteiger partial charge in [-0.2, -0.15) is 0 Å². The van der Waals surface area contributed by atoms with Crippen molar-refractivity contribution in [3.63, 3.8) is 0 Å². The minimum Gasteiger partial charge on any atom is -0.466 e. The van der Waals surface area contributed by atoms with Crippen LogP contribution in [-0.2, 0) is 25.5 Å². The van der Waals surface area contributed by atoms with Crippen LogP contribution < -0.4 is 11.1 Å². The highest BCUT2D eigenvalue weighted by Gasteiger charge is 2.32. The van der Waals surface area contributed by atoms with E-state index in [-0.39, 0.29) is 25.1 Å². The summed E-state index contributed by atoms with van der Waals surface area (Å²) in [7, 11) is 0. The average molecular weight is 463 g/mol. The highest BCUT2D eigenvalue weighted by atomic mass is 16.6. The fraction of sp³-hybridized carbons (Fsp3) is 0.240. The van der Waals surface area contributed by atoms with E-state index in [1.54, 1.807) is 6.92 Å². The number of carbonyl (C=O) groups excluding carboxylic acids is 3. The van der Waals surface area contributed by atoms with Crippen LogP contribution >= 0.6 is 0 Å². The Morgan fingerprint density at radius 1 is 1.03 bits per heavy atom. The molecule has 0 aliphatic heterocycles. The Kier molecular flexibility index (Phi) is 7.92. The first-order valence-electron chi connectivity index (χ1n) is 10.7. The van der Waals surface area contributed by atoms with E-state index >= 15 is 0 Å². The number of ether oxygens (including phenoxy) is 1. The zero-order chi connectivity index (χ0) is 24.7. The quantitative estimate of drug-likeness (QED) is 0.269. The lowest BCUT2D eigenvalue weighted by Gasteiger charge is -2.25. The van der Waals surface area contributed by atoms with Crippen molar-refractivity contribution in [2.45, 2.75) is 31.7 Å². The van der Waals surface area contributed by atoms with Gasteiger partial charge in [-0.05, 0) is 28.8 Å². The molecule has 176 valence electrons. The normalized spacial score (nSPS) is 12.5. The fourth-order valence-electron chi connectivity index (χ4n) is 3.80. The molecule has 0 radical (unpaired) electrons. The van der Waals surface area contributed by atoms with Crippen molar-refractivity contribution < 1.29 is 24.0 Å². The zero-order valence-corrected chi connectivity index (χ0v) is 18.6. The van der Waals surface area contributed by atoms with Crippen molar-refractivity contribution in [1.82, 2.24) is 5.32 Å². The molecule has 3 rings (SSSR count). The number of rotatable bonds is 10. The summed E-state index contributed by atoms with van der Waals surface area (Å²) < 4.78 is 5.02. The van der Waals surface area contributed by atoms with Crippen molar-refractivity contribution in [3.8, 4) is 0 Å². The predicted octanol–water partition coefficient (Wildman–Crippen LogP) is 3.00. The number of hydrogen-bond acceptors (Lipinski definition) is 6. The summed E-state index contributed by atoms with van der Waals surface area (Å²) in [6, 6.07) is 17.5. The molecule has 0 aliphatic rings. The van der Waals surface area contributed by atoms with Gasteiger partial charge in [0, 0.05) is 18.1 Å². The van der Waals surface area contributed by atoms with Crippen molar-refractivity contribution in [1.29, 1.82) is 0 Å². The minimum absolute atomic E-state index is 0.000994. The molecule has 0 saturated heterocycles. The summed E-state index contributed by atoms with van der Waals surface area (Å²) in [4.78, 5) is 47.8. The average Bonchev–Trinajstić information content (AvgIpc) is 2.81. The number of esters is 1. The summed E-state index contributed by atoms with van der Waals surface area (Å²) in [6.45, 7) is 1.79. The van der Waals surface area contributed by atoms with Crippen molar-refractivity contribution >= 4 is 34.2 Å². The number of nitrogens with zero attached hydrogens (tertiary/aromatic N) is 1. The van der Waals surface area contributed by atoms with Gasteiger partial charge in [-0.15, -0.1) is 0 Å². The van der Waals surface area contributed by atoms with Crippen molar-refractivity contribution in [2.75, 3.05) is 6.61 Å². The molecule has 0 aromatic heterocycles. The van der Waals surface area contributed by atoms with Crippen molar-refractivity contribution in [3.05, 3.63) is 88.0 Å². The maximum absolute atomic E-state index is 12.8. The molecule has 2 amide bonds. The van der Waals surface area contributed by atoms with Crippen LogP contribution in [0.25, 0.3) is 10.8 Å². The van der Waals surface area contributed by atoms with E-state index in [2.05, 4.69) is 5.32 Å². The van der Waals surface area contributed by atoms with Crippen LogP contribution in [0.15, 0.2) is 66.7 Å². The number of hydrogen-bond donors (Lipinski definition) is 2. The topological polar surface area (TPSA) is 142 Å². The summed E-state index contributed by atoms with van der Waals surface area (Å²) >= 11 is 0. The van der Waals surface area contributed by atoms with E-state index in [9.17, 15) is 24.5 Å². The largest absolute Gasteiger partial charge is 0.466 e. The Labute approximate surface area is 196 Å². The molecule has 0 saturated carbocycles. The number of non-ortho nitro benzene ring substituents is 1. The number of nitrogens with two attached hydrogens (primary N) is 1. The molecular weight excluding hydrogens is 438 g/mol. The standard InChI is InChI=1S/C25H25N3O6/c1-2-34-23(30)15-21(18-9-11-20(12-10-18)28(32)33)24(25(26)31)27-22(29)14-16-7-8-17-5-3-4-6-19(17)13-16/h3-13,21,24H,2,14-15H2,1H3,(H2,26,31)(H,27,29)/t21-,24-/m0/s1. The van der Waals surface area contributed by atoms with Crippen LogP contribution in [0.1, 0.15) is 30.4 Å². The SMILES string of the molecule is CCOC(=O)C[C@@H](c1ccc([N+](=O)[O-])cc1)[C@H](NC(=O)Cc1ccc2ccccc2c1)C(N)=O. The molecule has 0 aliphatic carbocycles. The number of nitro groups is 1. The molecule has 0 unspecified atom stereocenters. The molecule has 0 spiro atoms. The van der Waals surface area contributed by atoms with Gasteiger partial charge in [-0.3, -0.25) is 24.5 Å². The molecule has 0 heterocycles. The van der Waals surface area contributed by atoms with Gasteiger partial charge in [0.2, 0.25) is 11.8 Å². The lowest BCUT2D eigenvalue weighted by molar-refractivity contribution is -0.384. The molecule has 3 aromatic rings. The van der Waals surface area contributed by atoms with E-state index in [4.69, 9.17) is 10.5 Å². The molecule has 0 bridgehead atoms. The molecule has 9 heteroatoms. The first kappa shape index (κ1) is 24.4. The van der Waals surface area contributed by atoms with Crippen LogP contribution in [0.2, 0.25) is 0 Å². The third-order valence-corrected chi connectivity index (χ3v) is 5.43. The van der Waals surface area contributed by atoms with Crippen LogP contribution in [0, 0.1) is 10.1 Å². The van der Waals surface area contributed by atoms with E-state index in [1.807, 2.05) is 42.5 Å². The Bertz CT molecular complexity index is 1210. The lowest BCUT2D eigenvalue weighted by Crippen LogP contribution is -2.49. The van der Waals surface area contributed by atoms with E-state index in [1.165, 1.54) is 24.3 Å².